The summed E-state index contributed by atoms with van der Waals surface area (Å²) in [6.07, 6.45) is 1.16. The minimum absolute atomic E-state index is 0.155. The normalized spacial score (nSPS) is 20.7. The molecule has 2 unspecified atom stereocenters. The van der Waals surface area contributed by atoms with Gasteiger partial charge in [0.2, 0.25) is 0 Å². The van der Waals surface area contributed by atoms with Crippen molar-refractivity contribution in [3.63, 3.8) is 0 Å². The predicted molar refractivity (Wildman–Crippen MR) is 81.3 cm³/mol. The molecule has 2 atom stereocenters. The molecular weight excluding hydrogens is 290 g/mol. The first-order valence-electron chi connectivity index (χ1n) is 6.91. The Kier molecular flexibility index (Phi) is 5.63. The Bertz CT molecular complexity index is 577. The minimum atomic E-state index is -0.222. The van der Waals surface area contributed by atoms with Gasteiger partial charge in [0.05, 0.1) is 11.1 Å². The van der Waals surface area contributed by atoms with Crippen molar-refractivity contribution in [2.24, 2.45) is 5.92 Å². The Balaban J connectivity index is 1.97. The van der Waals surface area contributed by atoms with Crippen LogP contribution in [-0.2, 0) is 4.74 Å². The Hall–Kier alpha value is -1.54. The maximum absolute atomic E-state index is 12.1. The van der Waals surface area contributed by atoms with Crippen LogP contribution < -0.4 is 5.32 Å². The lowest BCUT2D eigenvalue weighted by Crippen LogP contribution is -2.31. The summed E-state index contributed by atoms with van der Waals surface area (Å²) in [6.45, 7) is 3.16. The minimum Gasteiger partial charge on any atom is -0.384 e. The third-order valence-corrected chi connectivity index (χ3v) is 3.90. The van der Waals surface area contributed by atoms with Crippen LogP contribution in [0, 0.1) is 17.8 Å². The highest BCUT2D eigenvalue weighted by atomic mass is 35.5. The molecule has 1 aliphatic heterocycles. The molecule has 1 fully saturated rings. The topological polar surface area (TPSA) is 58.6 Å². The first kappa shape index (κ1) is 15.8. The third-order valence-electron chi connectivity index (χ3n) is 3.59. The lowest BCUT2D eigenvalue weighted by atomic mass is 10.0. The Morgan fingerprint density at radius 1 is 1.57 bits per heavy atom. The van der Waals surface area contributed by atoms with Crippen molar-refractivity contribution in [3.05, 3.63) is 34.3 Å². The van der Waals surface area contributed by atoms with Crippen LogP contribution in [0.1, 0.15) is 29.3 Å². The van der Waals surface area contributed by atoms with E-state index in [4.69, 9.17) is 21.4 Å². The van der Waals surface area contributed by atoms with Crippen LogP contribution in [0.4, 0.5) is 0 Å². The summed E-state index contributed by atoms with van der Waals surface area (Å²) < 4.78 is 5.47. The average Bonchev–Trinajstić information content (AvgIpc) is 2.88. The van der Waals surface area contributed by atoms with Crippen LogP contribution in [0.2, 0.25) is 5.02 Å². The molecule has 0 bridgehead atoms. The van der Waals surface area contributed by atoms with Gasteiger partial charge in [-0.2, -0.15) is 0 Å². The van der Waals surface area contributed by atoms with E-state index in [-0.39, 0.29) is 18.6 Å². The number of rotatable bonds is 3. The molecule has 5 heteroatoms. The van der Waals surface area contributed by atoms with E-state index in [9.17, 15) is 4.79 Å². The summed E-state index contributed by atoms with van der Waals surface area (Å²) in [5.41, 5.74) is 1.10. The first-order valence-corrected chi connectivity index (χ1v) is 7.28. The van der Waals surface area contributed by atoms with Crippen molar-refractivity contribution in [2.75, 3.05) is 19.8 Å². The van der Waals surface area contributed by atoms with Gasteiger partial charge in [-0.25, -0.2) is 0 Å². The maximum Gasteiger partial charge on any atom is 0.251 e. The van der Waals surface area contributed by atoms with E-state index in [0.29, 0.717) is 28.6 Å². The maximum atomic E-state index is 12.1. The van der Waals surface area contributed by atoms with Crippen molar-refractivity contribution in [2.45, 2.75) is 19.4 Å². The zero-order valence-corrected chi connectivity index (χ0v) is 12.6. The van der Waals surface area contributed by atoms with Crippen LogP contribution in [0.3, 0.4) is 0 Å². The monoisotopic (exact) mass is 307 g/mol. The molecule has 0 aromatic heterocycles. The number of carbonyl (C=O) groups is 1. The molecule has 1 aromatic carbocycles. The first-order chi connectivity index (χ1) is 10.1. The van der Waals surface area contributed by atoms with E-state index in [2.05, 4.69) is 17.2 Å². The fourth-order valence-electron chi connectivity index (χ4n) is 2.26. The molecule has 1 aromatic rings. The van der Waals surface area contributed by atoms with Gasteiger partial charge >= 0.3 is 0 Å². The van der Waals surface area contributed by atoms with Crippen LogP contribution in [-0.4, -0.2) is 36.9 Å². The SMILES string of the molecule is CC1OCCC1CNC(=O)c1ccc(C#CCO)c(Cl)c1. The molecule has 1 amide bonds. The number of hydrogen-bond acceptors (Lipinski definition) is 3. The highest BCUT2D eigenvalue weighted by Crippen LogP contribution is 2.20. The Morgan fingerprint density at radius 3 is 3.00 bits per heavy atom. The van der Waals surface area contributed by atoms with Crippen LogP contribution in [0.25, 0.3) is 0 Å². The van der Waals surface area contributed by atoms with Gasteiger partial charge in [0.15, 0.2) is 0 Å². The van der Waals surface area contributed by atoms with E-state index in [1.54, 1.807) is 18.2 Å². The zero-order valence-electron chi connectivity index (χ0n) is 11.9. The molecule has 4 nitrogen and oxygen atoms in total. The highest BCUT2D eigenvalue weighted by molar-refractivity contribution is 6.32. The van der Waals surface area contributed by atoms with Gasteiger partial charge in [-0.3, -0.25) is 4.79 Å². The van der Waals surface area contributed by atoms with Gasteiger partial charge in [-0.1, -0.05) is 23.4 Å². The summed E-state index contributed by atoms with van der Waals surface area (Å²) in [7, 11) is 0. The number of nitrogens with one attached hydrogen (secondary N) is 1. The number of ether oxygens (including phenoxy) is 1. The molecule has 1 heterocycles. The molecule has 0 aliphatic carbocycles. The zero-order chi connectivity index (χ0) is 15.2. The van der Waals surface area contributed by atoms with E-state index >= 15 is 0 Å². The van der Waals surface area contributed by atoms with Gasteiger partial charge in [0.1, 0.15) is 6.61 Å². The molecule has 0 radical (unpaired) electrons. The van der Waals surface area contributed by atoms with Crippen LogP contribution in [0.5, 0.6) is 0 Å². The lowest BCUT2D eigenvalue weighted by Gasteiger charge is -2.14. The summed E-state index contributed by atoms with van der Waals surface area (Å²) in [5, 5.41) is 12.0. The van der Waals surface area contributed by atoms with E-state index in [1.807, 2.05) is 6.92 Å². The van der Waals surface area contributed by atoms with Gasteiger partial charge < -0.3 is 15.2 Å². The lowest BCUT2D eigenvalue weighted by molar-refractivity contribution is 0.0907. The van der Waals surface area contributed by atoms with E-state index < -0.39 is 0 Å². The van der Waals surface area contributed by atoms with Gasteiger partial charge in [0.25, 0.3) is 5.91 Å². The highest BCUT2D eigenvalue weighted by Gasteiger charge is 2.24. The van der Waals surface area contributed by atoms with Gasteiger partial charge in [-0.15, -0.1) is 0 Å². The largest absolute Gasteiger partial charge is 0.384 e. The molecule has 1 aliphatic rings. The predicted octanol–water partition coefficient (Wildman–Crippen LogP) is 1.84. The summed E-state index contributed by atoms with van der Waals surface area (Å²) >= 11 is 6.08. The van der Waals surface area contributed by atoms with E-state index in [1.165, 1.54) is 0 Å². The van der Waals surface area contributed by atoms with Crippen molar-refractivity contribution in [1.82, 2.24) is 5.32 Å². The average molecular weight is 308 g/mol. The van der Waals surface area contributed by atoms with Crippen molar-refractivity contribution >= 4 is 17.5 Å². The second-order valence-electron chi connectivity index (χ2n) is 4.99. The van der Waals surface area contributed by atoms with Gasteiger partial charge in [0, 0.05) is 30.2 Å². The van der Waals surface area contributed by atoms with Crippen LogP contribution >= 0.6 is 11.6 Å². The van der Waals surface area contributed by atoms with Crippen molar-refractivity contribution in [3.8, 4) is 11.8 Å². The molecule has 112 valence electrons. The second kappa shape index (κ2) is 7.46. The molecule has 1 saturated heterocycles. The molecule has 0 saturated carbocycles. The number of hydrogen-bond donors (Lipinski definition) is 2. The molecule has 2 rings (SSSR count). The van der Waals surface area contributed by atoms with E-state index in [0.717, 1.165) is 13.0 Å². The molecular formula is C16H18ClNO3. The fourth-order valence-corrected chi connectivity index (χ4v) is 2.49. The number of carbonyl (C=O) groups excluding carboxylic acids is 1. The summed E-state index contributed by atoms with van der Waals surface area (Å²) in [5.74, 6) is 5.46. The molecule has 0 spiro atoms. The molecule has 2 N–H and O–H groups in total. The number of halogens is 1. The third kappa shape index (κ3) is 4.21. The van der Waals surface area contributed by atoms with Crippen LogP contribution in [0.15, 0.2) is 18.2 Å². The summed E-state index contributed by atoms with van der Waals surface area (Å²) in [6, 6.07) is 4.95. The quantitative estimate of drug-likeness (QED) is 0.838. The van der Waals surface area contributed by atoms with Crippen molar-refractivity contribution in [1.29, 1.82) is 0 Å². The number of aliphatic hydroxyl groups excluding tert-OH is 1. The standard InChI is InChI=1S/C16H18ClNO3/c1-11-14(6-8-21-11)10-18-16(20)13-5-4-12(3-2-7-19)15(17)9-13/h4-5,9,11,14,19H,6-8,10H2,1H3,(H,18,20). The number of benzene rings is 1. The Morgan fingerprint density at radius 2 is 2.38 bits per heavy atom. The van der Waals surface area contributed by atoms with Gasteiger partial charge in [-0.05, 0) is 31.5 Å². The number of aliphatic hydroxyl groups is 1. The van der Waals surface area contributed by atoms with Crippen molar-refractivity contribution < 1.29 is 14.6 Å². The summed E-state index contributed by atoms with van der Waals surface area (Å²) in [4.78, 5) is 12.1. The second-order valence-corrected chi connectivity index (χ2v) is 5.40. The fraction of sp³-hybridized carbons (Fsp3) is 0.438. The Labute approximate surface area is 129 Å². The number of amides is 1. The molecule has 21 heavy (non-hydrogen) atoms. The smallest absolute Gasteiger partial charge is 0.251 e.